The maximum atomic E-state index is 14.0. The number of halogens is 1. The van der Waals surface area contributed by atoms with Crippen molar-refractivity contribution in [1.29, 1.82) is 0 Å². The van der Waals surface area contributed by atoms with E-state index in [0.29, 0.717) is 25.3 Å². The Morgan fingerprint density at radius 3 is 2.71 bits per heavy atom. The Hall–Kier alpha value is -2.40. The molecule has 0 spiro atoms. The molecule has 0 N–H and O–H groups in total. The summed E-state index contributed by atoms with van der Waals surface area (Å²) in [7, 11) is 1.64. The molecule has 24 heavy (non-hydrogen) atoms. The van der Waals surface area contributed by atoms with E-state index in [1.807, 2.05) is 31.2 Å². The molecule has 0 unspecified atom stereocenters. The van der Waals surface area contributed by atoms with Crippen molar-refractivity contribution in [2.45, 2.75) is 19.5 Å². The van der Waals surface area contributed by atoms with Gasteiger partial charge in [-0.05, 0) is 36.8 Å². The summed E-state index contributed by atoms with van der Waals surface area (Å²) in [6, 6.07) is 13.9. The summed E-state index contributed by atoms with van der Waals surface area (Å²) >= 11 is 0. The van der Waals surface area contributed by atoms with Crippen LogP contribution in [0.1, 0.15) is 12.5 Å². The number of piperazine rings is 1. The van der Waals surface area contributed by atoms with E-state index in [1.165, 1.54) is 6.07 Å². The lowest BCUT2D eigenvalue weighted by Crippen LogP contribution is -2.55. The lowest BCUT2D eigenvalue weighted by Gasteiger charge is -2.39. The van der Waals surface area contributed by atoms with Gasteiger partial charge in [0.05, 0.1) is 18.8 Å². The first-order chi connectivity index (χ1) is 11.6. The van der Waals surface area contributed by atoms with E-state index in [0.717, 1.165) is 11.3 Å². The minimum atomic E-state index is -0.362. The molecule has 1 saturated heterocycles. The van der Waals surface area contributed by atoms with Crippen LogP contribution in [0.15, 0.2) is 48.5 Å². The Morgan fingerprint density at radius 1 is 1.17 bits per heavy atom. The predicted octanol–water partition coefficient (Wildman–Crippen LogP) is 3.07. The van der Waals surface area contributed by atoms with E-state index < -0.39 is 0 Å². The molecule has 1 aliphatic heterocycles. The first kappa shape index (κ1) is 16.5. The van der Waals surface area contributed by atoms with Crippen molar-refractivity contribution >= 4 is 11.6 Å². The molecule has 4 nitrogen and oxygen atoms in total. The number of para-hydroxylation sites is 1. The third-order valence-electron chi connectivity index (χ3n) is 4.45. The second kappa shape index (κ2) is 7.01. The number of methoxy groups -OCH3 is 1. The number of nitrogens with zero attached hydrogens (tertiary/aromatic N) is 2. The molecule has 1 heterocycles. The second-order valence-electron chi connectivity index (χ2n) is 5.94. The quantitative estimate of drug-likeness (QED) is 0.865. The van der Waals surface area contributed by atoms with Crippen LogP contribution in [0.5, 0.6) is 5.75 Å². The van der Waals surface area contributed by atoms with Gasteiger partial charge in [0, 0.05) is 19.6 Å². The minimum Gasteiger partial charge on any atom is -0.497 e. The average Bonchev–Trinajstić information content (AvgIpc) is 2.60. The van der Waals surface area contributed by atoms with Crippen LogP contribution in [0.3, 0.4) is 0 Å². The molecule has 0 bridgehead atoms. The summed E-state index contributed by atoms with van der Waals surface area (Å²) in [5, 5.41) is 0. The molecular formula is C19H21FN2O2. The van der Waals surface area contributed by atoms with Gasteiger partial charge in [-0.25, -0.2) is 4.39 Å². The number of anilines is 1. The Labute approximate surface area is 141 Å². The van der Waals surface area contributed by atoms with Crippen molar-refractivity contribution in [2.24, 2.45) is 0 Å². The number of rotatable bonds is 4. The van der Waals surface area contributed by atoms with Crippen LogP contribution in [-0.4, -0.2) is 37.0 Å². The zero-order valence-electron chi connectivity index (χ0n) is 13.9. The SMILES string of the molecule is COc1cccc(CN2CCN(c3ccccc3F)C(=O)[C@H]2C)c1. The van der Waals surface area contributed by atoms with Crippen LogP contribution in [0, 0.1) is 5.82 Å². The van der Waals surface area contributed by atoms with Gasteiger partial charge in [-0.3, -0.25) is 9.69 Å². The van der Waals surface area contributed by atoms with E-state index >= 15 is 0 Å². The molecule has 5 heteroatoms. The number of carbonyl (C=O) groups is 1. The molecule has 1 fully saturated rings. The molecule has 1 atom stereocenters. The first-order valence-corrected chi connectivity index (χ1v) is 8.03. The smallest absolute Gasteiger partial charge is 0.244 e. The van der Waals surface area contributed by atoms with Crippen molar-refractivity contribution in [3.63, 3.8) is 0 Å². The van der Waals surface area contributed by atoms with Crippen LogP contribution in [0.4, 0.5) is 10.1 Å². The summed E-state index contributed by atoms with van der Waals surface area (Å²) in [5.41, 5.74) is 1.45. The third-order valence-corrected chi connectivity index (χ3v) is 4.45. The molecule has 2 aromatic carbocycles. The van der Waals surface area contributed by atoms with Crippen LogP contribution < -0.4 is 9.64 Å². The van der Waals surface area contributed by atoms with Gasteiger partial charge in [0.2, 0.25) is 5.91 Å². The summed E-state index contributed by atoms with van der Waals surface area (Å²) < 4.78 is 19.2. The topological polar surface area (TPSA) is 32.8 Å². The molecule has 1 amide bonds. The molecule has 0 aromatic heterocycles. The van der Waals surface area contributed by atoms with E-state index in [2.05, 4.69) is 4.90 Å². The highest BCUT2D eigenvalue weighted by molar-refractivity contribution is 5.97. The van der Waals surface area contributed by atoms with Crippen molar-refractivity contribution in [3.05, 3.63) is 59.9 Å². The third kappa shape index (κ3) is 3.26. The summed E-state index contributed by atoms with van der Waals surface area (Å²) in [5.74, 6) is 0.366. The van der Waals surface area contributed by atoms with Gasteiger partial charge >= 0.3 is 0 Å². The zero-order chi connectivity index (χ0) is 17.1. The fourth-order valence-corrected chi connectivity index (χ4v) is 3.05. The minimum absolute atomic E-state index is 0.0748. The average molecular weight is 328 g/mol. The number of benzene rings is 2. The van der Waals surface area contributed by atoms with E-state index in [4.69, 9.17) is 4.74 Å². The van der Waals surface area contributed by atoms with Crippen molar-refractivity contribution in [3.8, 4) is 5.75 Å². The number of ether oxygens (including phenoxy) is 1. The van der Waals surface area contributed by atoms with E-state index in [1.54, 1.807) is 30.2 Å². The molecule has 126 valence electrons. The van der Waals surface area contributed by atoms with Gasteiger partial charge in [0.25, 0.3) is 0 Å². The molecule has 3 rings (SSSR count). The Morgan fingerprint density at radius 2 is 1.96 bits per heavy atom. The predicted molar refractivity (Wildman–Crippen MR) is 91.6 cm³/mol. The van der Waals surface area contributed by atoms with Crippen molar-refractivity contribution in [1.82, 2.24) is 4.90 Å². The summed E-state index contributed by atoms with van der Waals surface area (Å²) in [6.45, 7) is 3.71. The number of carbonyl (C=O) groups excluding carboxylic acids is 1. The van der Waals surface area contributed by atoms with Gasteiger partial charge in [-0.1, -0.05) is 24.3 Å². The molecule has 0 aliphatic carbocycles. The van der Waals surface area contributed by atoms with E-state index in [9.17, 15) is 9.18 Å². The van der Waals surface area contributed by atoms with E-state index in [-0.39, 0.29) is 17.8 Å². The standard InChI is InChI=1S/C19H21FN2O2/c1-14-19(23)22(18-9-4-3-8-17(18)20)11-10-21(14)13-15-6-5-7-16(12-15)24-2/h3-9,12,14H,10-11,13H2,1-2H3/t14-/m1/s1. The van der Waals surface area contributed by atoms with Gasteiger partial charge in [0.1, 0.15) is 11.6 Å². The maximum absolute atomic E-state index is 14.0. The largest absolute Gasteiger partial charge is 0.497 e. The monoisotopic (exact) mass is 328 g/mol. The highest BCUT2D eigenvalue weighted by Gasteiger charge is 2.33. The van der Waals surface area contributed by atoms with Crippen LogP contribution in [-0.2, 0) is 11.3 Å². The highest BCUT2D eigenvalue weighted by Crippen LogP contribution is 2.24. The zero-order valence-corrected chi connectivity index (χ0v) is 13.9. The maximum Gasteiger partial charge on any atom is 0.244 e. The van der Waals surface area contributed by atoms with Crippen LogP contribution >= 0.6 is 0 Å². The normalized spacial score (nSPS) is 18.7. The fraction of sp³-hybridized carbons (Fsp3) is 0.316. The molecular weight excluding hydrogens is 307 g/mol. The molecule has 2 aromatic rings. The lowest BCUT2D eigenvalue weighted by molar-refractivity contribution is -0.125. The lowest BCUT2D eigenvalue weighted by atomic mass is 10.1. The first-order valence-electron chi connectivity index (χ1n) is 8.03. The number of hydrogen-bond donors (Lipinski definition) is 0. The van der Waals surface area contributed by atoms with Gasteiger partial charge in [-0.2, -0.15) is 0 Å². The van der Waals surface area contributed by atoms with Gasteiger partial charge in [-0.15, -0.1) is 0 Å². The highest BCUT2D eigenvalue weighted by atomic mass is 19.1. The number of amides is 1. The second-order valence-corrected chi connectivity index (χ2v) is 5.94. The fourth-order valence-electron chi connectivity index (χ4n) is 3.05. The number of hydrogen-bond acceptors (Lipinski definition) is 3. The van der Waals surface area contributed by atoms with Crippen molar-refractivity contribution < 1.29 is 13.9 Å². The molecule has 0 saturated carbocycles. The van der Waals surface area contributed by atoms with Crippen LogP contribution in [0.2, 0.25) is 0 Å². The molecule has 0 radical (unpaired) electrons. The van der Waals surface area contributed by atoms with Crippen LogP contribution in [0.25, 0.3) is 0 Å². The van der Waals surface area contributed by atoms with Crippen molar-refractivity contribution in [2.75, 3.05) is 25.1 Å². The molecule has 1 aliphatic rings. The summed E-state index contributed by atoms with van der Waals surface area (Å²) in [6.07, 6.45) is 0. The van der Waals surface area contributed by atoms with Gasteiger partial charge in [0.15, 0.2) is 0 Å². The van der Waals surface area contributed by atoms with Gasteiger partial charge < -0.3 is 9.64 Å². The Bertz CT molecular complexity index is 735. The Kier molecular flexibility index (Phi) is 4.81. The summed E-state index contributed by atoms with van der Waals surface area (Å²) in [4.78, 5) is 16.3. The Balaban J connectivity index is 1.74.